The number of cyclic esters (lactones) is 1. The summed E-state index contributed by atoms with van der Waals surface area (Å²) in [5, 5.41) is 20.0. The molecule has 0 amide bonds. The number of allylic oxidation sites excluding steroid dienone is 2. The van der Waals surface area contributed by atoms with Crippen molar-refractivity contribution in [2.45, 2.75) is 57.3 Å². The molecule has 0 unspecified atom stereocenters. The first-order valence-corrected chi connectivity index (χ1v) is 7.48. The van der Waals surface area contributed by atoms with Crippen LogP contribution in [-0.2, 0) is 9.53 Å². The number of hydrogen-bond acceptors (Lipinski definition) is 4. The summed E-state index contributed by atoms with van der Waals surface area (Å²) in [6, 6.07) is 0. The molecule has 0 radical (unpaired) electrons. The standard InChI is InChI=1S/C16H24O4/c1-11-5-3-2-4-6-12-9-13(17)10-14(12)15(18)7-8-16(19)20-11/h4,6-8,11-15,17-18H,2-3,5,9-10H2,1H3/b6-4-,8-7-/t11-,12+,13-,14-,15-/m1/s1. The molecule has 4 heteroatoms. The molecular formula is C16H24O4. The van der Waals surface area contributed by atoms with E-state index >= 15 is 0 Å². The molecule has 0 spiro atoms. The normalized spacial score (nSPS) is 42.5. The Balaban J connectivity index is 2.11. The highest BCUT2D eigenvalue weighted by Gasteiger charge is 2.35. The monoisotopic (exact) mass is 280 g/mol. The zero-order chi connectivity index (χ0) is 14.5. The average molecular weight is 280 g/mol. The SMILES string of the molecule is C[C@@H]1CCC/C=C\[C@H]2C[C@@H](O)C[C@H]2[C@H](O)/C=C\C(=O)O1. The number of aliphatic hydroxyl groups is 2. The lowest BCUT2D eigenvalue weighted by Crippen LogP contribution is -2.21. The van der Waals surface area contributed by atoms with Crippen molar-refractivity contribution >= 4 is 5.97 Å². The van der Waals surface area contributed by atoms with Crippen LogP contribution in [0.4, 0.5) is 0 Å². The largest absolute Gasteiger partial charge is 0.460 e. The third-order valence-corrected chi connectivity index (χ3v) is 4.19. The fraction of sp³-hybridized carbons (Fsp3) is 0.688. The van der Waals surface area contributed by atoms with E-state index in [2.05, 4.69) is 12.2 Å². The van der Waals surface area contributed by atoms with Gasteiger partial charge < -0.3 is 14.9 Å². The molecule has 4 nitrogen and oxygen atoms in total. The third-order valence-electron chi connectivity index (χ3n) is 4.19. The van der Waals surface area contributed by atoms with E-state index in [0.717, 1.165) is 19.3 Å². The van der Waals surface area contributed by atoms with Crippen molar-refractivity contribution in [1.29, 1.82) is 0 Å². The van der Waals surface area contributed by atoms with Gasteiger partial charge in [-0.15, -0.1) is 0 Å². The molecule has 112 valence electrons. The number of carbonyl (C=O) groups excluding carboxylic acids is 1. The Labute approximate surface area is 120 Å². The van der Waals surface area contributed by atoms with E-state index in [4.69, 9.17) is 4.74 Å². The summed E-state index contributed by atoms with van der Waals surface area (Å²) in [4.78, 5) is 11.6. The zero-order valence-corrected chi connectivity index (χ0v) is 11.9. The first-order valence-electron chi connectivity index (χ1n) is 7.48. The summed E-state index contributed by atoms with van der Waals surface area (Å²) < 4.78 is 5.23. The van der Waals surface area contributed by atoms with Gasteiger partial charge in [-0.3, -0.25) is 0 Å². The van der Waals surface area contributed by atoms with Gasteiger partial charge in [-0.05, 0) is 56.9 Å². The second-order valence-corrected chi connectivity index (χ2v) is 5.91. The molecule has 1 heterocycles. The maximum atomic E-state index is 11.6. The summed E-state index contributed by atoms with van der Waals surface area (Å²) in [6.07, 6.45) is 9.87. The number of ether oxygens (including phenoxy) is 1. The number of hydrogen-bond donors (Lipinski definition) is 2. The molecule has 1 fully saturated rings. The summed E-state index contributed by atoms with van der Waals surface area (Å²) >= 11 is 0. The van der Waals surface area contributed by atoms with Crippen LogP contribution in [0.25, 0.3) is 0 Å². The minimum absolute atomic E-state index is 0.0246. The topological polar surface area (TPSA) is 66.8 Å². The first-order chi connectivity index (χ1) is 9.56. The molecule has 2 rings (SSSR count). The number of esters is 1. The molecule has 2 aliphatic rings. The molecule has 0 aromatic heterocycles. The highest BCUT2D eigenvalue weighted by atomic mass is 16.5. The Hall–Kier alpha value is -1.13. The van der Waals surface area contributed by atoms with Crippen molar-refractivity contribution in [3.63, 3.8) is 0 Å². The van der Waals surface area contributed by atoms with Crippen LogP contribution in [0, 0.1) is 11.8 Å². The lowest BCUT2D eigenvalue weighted by molar-refractivity contribution is -0.142. The molecule has 1 saturated carbocycles. The number of rotatable bonds is 0. The molecule has 5 atom stereocenters. The summed E-state index contributed by atoms with van der Waals surface area (Å²) in [5.74, 6) is -0.249. The van der Waals surface area contributed by atoms with Gasteiger partial charge in [0.1, 0.15) is 0 Å². The second-order valence-electron chi connectivity index (χ2n) is 5.91. The van der Waals surface area contributed by atoms with Crippen molar-refractivity contribution in [2.24, 2.45) is 11.8 Å². The van der Waals surface area contributed by atoms with Crippen molar-refractivity contribution in [3.05, 3.63) is 24.3 Å². The first kappa shape index (κ1) is 15.3. The average Bonchev–Trinajstić information content (AvgIpc) is 2.76. The highest BCUT2D eigenvalue weighted by Crippen LogP contribution is 2.36. The number of fused-ring (bicyclic) bond motifs is 1. The third kappa shape index (κ3) is 4.18. The van der Waals surface area contributed by atoms with Gasteiger partial charge in [0.15, 0.2) is 0 Å². The lowest BCUT2D eigenvalue weighted by Gasteiger charge is -2.19. The van der Waals surface area contributed by atoms with Gasteiger partial charge in [0, 0.05) is 6.08 Å². The minimum Gasteiger partial charge on any atom is -0.460 e. The second kappa shape index (κ2) is 7.04. The maximum absolute atomic E-state index is 11.6. The van der Waals surface area contributed by atoms with Crippen LogP contribution in [0.15, 0.2) is 24.3 Å². The molecule has 0 aromatic carbocycles. The highest BCUT2D eigenvalue weighted by molar-refractivity contribution is 5.82. The molecule has 0 saturated heterocycles. The Bertz CT molecular complexity index is 388. The summed E-state index contributed by atoms with van der Waals surface area (Å²) in [6.45, 7) is 1.89. The van der Waals surface area contributed by atoms with Gasteiger partial charge in [0.25, 0.3) is 0 Å². The predicted octanol–water partition coefficient (Wildman–Crippen LogP) is 1.96. The Morgan fingerprint density at radius 2 is 2.05 bits per heavy atom. The number of carbonyl (C=O) groups is 1. The predicted molar refractivity (Wildman–Crippen MR) is 75.9 cm³/mol. The Morgan fingerprint density at radius 1 is 1.25 bits per heavy atom. The van der Waals surface area contributed by atoms with Gasteiger partial charge in [-0.2, -0.15) is 0 Å². The van der Waals surface area contributed by atoms with Crippen LogP contribution in [0.5, 0.6) is 0 Å². The van der Waals surface area contributed by atoms with E-state index in [1.54, 1.807) is 0 Å². The van der Waals surface area contributed by atoms with Crippen molar-refractivity contribution < 1.29 is 19.7 Å². The molecular weight excluding hydrogens is 256 g/mol. The zero-order valence-electron chi connectivity index (χ0n) is 11.9. The summed E-state index contributed by atoms with van der Waals surface area (Å²) in [5.41, 5.74) is 0. The van der Waals surface area contributed by atoms with Gasteiger partial charge in [0.05, 0.1) is 18.3 Å². The smallest absolute Gasteiger partial charge is 0.330 e. The fourth-order valence-electron chi connectivity index (χ4n) is 3.10. The van der Waals surface area contributed by atoms with Gasteiger partial charge in [-0.25, -0.2) is 4.79 Å². The Morgan fingerprint density at radius 3 is 2.85 bits per heavy atom. The van der Waals surface area contributed by atoms with Crippen LogP contribution in [-0.4, -0.2) is 34.5 Å². The quantitative estimate of drug-likeness (QED) is 0.526. The van der Waals surface area contributed by atoms with Gasteiger partial charge in [-0.1, -0.05) is 12.2 Å². The lowest BCUT2D eigenvalue weighted by atomic mass is 9.90. The van der Waals surface area contributed by atoms with E-state index in [0.29, 0.717) is 12.8 Å². The molecule has 0 bridgehead atoms. The molecule has 2 N–H and O–H groups in total. The van der Waals surface area contributed by atoms with Crippen LogP contribution in [0.2, 0.25) is 0 Å². The van der Waals surface area contributed by atoms with Crippen molar-refractivity contribution in [1.82, 2.24) is 0 Å². The van der Waals surface area contributed by atoms with Crippen LogP contribution in [0.1, 0.15) is 39.0 Å². The fourth-order valence-corrected chi connectivity index (χ4v) is 3.10. The van der Waals surface area contributed by atoms with Gasteiger partial charge >= 0.3 is 5.97 Å². The van der Waals surface area contributed by atoms with Crippen LogP contribution >= 0.6 is 0 Å². The van der Waals surface area contributed by atoms with Crippen LogP contribution in [0.3, 0.4) is 0 Å². The van der Waals surface area contributed by atoms with E-state index in [1.807, 2.05) is 6.92 Å². The summed E-state index contributed by atoms with van der Waals surface area (Å²) in [7, 11) is 0. The minimum atomic E-state index is -0.717. The van der Waals surface area contributed by atoms with Crippen molar-refractivity contribution in [3.8, 4) is 0 Å². The van der Waals surface area contributed by atoms with Crippen molar-refractivity contribution in [2.75, 3.05) is 0 Å². The maximum Gasteiger partial charge on any atom is 0.330 e. The van der Waals surface area contributed by atoms with E-state index in [1.165, 1.54) is 12.2 Å². The molecule has 1 aliphatic carbocycles. The van der Waals surface area contributed by atoms with E-state index in [9.17, 15) is 15.0 Å². The van der Waals surface area contributed by atoms with E-state index in [-0.39, 0.29) is 24.0 Å². The molecule has 0 aromatic rings. The molecule has 20 heavy (non-hydrogen) atoms. The number of aliphatic hydroxyl groups excluding tert-OH is 2. The van der Waals surface area contributed by atoms with E-state index < -0.39 is 12.1 Å². The van der Waals surface area contributed by atoms with Crippen LogP contribution < -0.4 is 0 Å². The molecule has 1 aliphatic heterocycles. The Kier molecular flexibility index (Phi) is 5.38. The van der Waals surface area contributed by atoms with Gasteiger partial charge in [0.2, 0.25) is 0 Å².